The van der Waals surface area contributed by atoms with Gasteiger partial charge in [-0.15, -0.1) is 11.3 Å². The van der Waals surface area contributed by atoms with Gasteiger partial charge in [-0.05, 0) is 24.1 Å². The first kappa shape index (κ1) is 14.3. The summed E-state index contributed by atoms with van der Waals surface area (Å²) in [5, 5.41) is 11.9. The van der Waals surface area contributed by atoms with Crippen molar-refractivity contribution >= 4 is 11.3 Å². The number of rotatable bonds is 6. The predicted molar refractivity (Wildman–Crippen MR) is 81.5 cm³/mol. The van der Waals surface area contributed by atoms with E-state index in [4.69, 9.17) is 0 Å². The van der Waals surface area contributed by atoms with Crippen LogP contribution in [0.5, 0.6) is 0 Å². The highest BCUT2D eigenvalue weighted by atomic mass is 32.1. The minimum atomic E-state index is -0.215. The fraction of sp³-hybridized carbons (Fsp3) is 0.375. The average Bonchev–Trinajstić information content (AvgIpc) is 2.92. The maximum Gasteiger partial charge on any atom is 0.0537 e. The first-order chi connectivity index (χ1) is 9.14. The van der Waals surface area contributed by atoms with Gasteiger partial charge in [0.1, 0.15) is 0 Å². The summed E-state index contributed by atoms with van der Waals surface area (Å²) in [5.41, 5.74) is 0.975. The molecule has 2 nitrogen and oxygen atoms in total. The molecule has 0 fully saturated rings. The van der Waals surface area contributed by atoms with Crippen LogP contribution in [0.1, 0.15) is 17.4 Å². The third-order valence-corrected chi connectivity index (χ3v) is 4.31. The van der Waals surface area contributed by atoms with Crippen LogP contribution in [0.2, 0.25) is 0 Å². The molecule has 1 atom stereocenters. The zero-order valence-electron chi connectivity index (χ0n) is 11.5. The number of hydrogen-bond acceptors (Lipinski definition) is 3. The largest absolute Gasteiger partial charge is 0.395 e. The topological polar surface area (TPSA) is 23.5 Å². The Bertz CT molecular complexity index is 483. The van der Waals surface area contributed by atoms with Crippen LogP contribution < -0.4 is 0 Å². The number of hydrogen-bond donors (Lipinski definition) is 1. The molecule has 0 aliphatic heterocycles. The average molecular weight is 275 g/mol. The zero-order chi connectivity index (χ0) is 13.7. The number of aliphatic hydroxyl groups excluding tert-OH is 1. The SMILES string of the molecule is CN(Cc1cccs1)CC(C)(CO)c1ccccc1. The van der Waals surface area contributed by atoms with Crippen molar-refractivity contribution in [2.75, 3.05) is 20.2 Å². The Morgan fingerprint density at radius 3 is 2.47 bits per heavy atom. The van der Waals surface area contributed by atoms with Crippen LogP contribution in [0.25, 0.3) is 0 Å². The molecule has 0 saturated carbocycles. The standard InChI is InChI=1S/C16H21NOS/c1-16(13-18,14-7-4-3-5-8-14)12-17(2)11-15-9-6-10-19-15/h3-10,18H,11-13H2,1-2H3. The fourth-order valence-electron chi connectivity index (χ4n) is 2.39. The molecule has 1 aromatic carbocycles. The molecular weight excluding hydrogens is 254 g/mol. The van der Waals surface area contributed by atoms with Gasteiger partial charge >= 0.3 is 0 Å². The van der Waals surface area contributed by atoms with E-state index < -0.39 is 0 Å². The van der Waals surface area contributed by atoms with Crippen molar-refractivity contribution in [1.82, 2.24) is 4.90 Å². The quantitative estimate of drug-likeness (QED) is 0.875. The summed E-state index contributed by atoms with van der Waals surface area (Å²) >= 11 is 1.78. The lowest BCUT2D eigenvalue weighted by atomic mass is 9.83. The van der Waals surface area contributed by atoms with Crippen molar-refractivity contribution in [3.8, 4) is 0 Å². The highest BCUT2D eigenvalue weighted by Gasteiger charge is 2.27. The molecule has 1 N–H and O–H groups in total. The lowest BCUT2D eigenvalue weighted by Gasteiger charge is -2.32. The minimum absolute atomic E-state index is 0.159. The van der Waals surface area contributed by atoms with Gasteiger partial charge in [-0.25, -0.2) is 0 Å². The van der Waals surface area contributed by atoms with Crippen LogP contribution in [0.3, 0.4) is 0 Å². The monoisotopic (exact) mass is 275 g/mol. The molecule has 19 heavy (non-hydrogen) atoms. The summed E-state index contributed by atoms with van der Waals surface area (Å²) < 4.78 is 0. The first-order valence-electron chi connectivity index (χ1n) is 6.51. The van der Waals surface area contributed by atoms with Crippen LogP contribution in [-0.2, 0) is 12.0 Å². The number of thiophene rings is 1. The van der Waals surface area contributed by atoms with Gasteiger partial charge in [0.15, 0.2) is 0 Å². The number of aliphatic hydroxyl groups is 1. The molecule has 1 aromatic heterocycles. The molecule has 0 spiro atoms. The maximum atomic E-state index is 9.79. The summed E-state index contributed by atoms with van der Waals surface area (Å²) in [5.74, 6) is 0. The summed E-state index contributed by atoms with van der Waals surface area (Å²) in [6.07, 6.45) is 0. The van der Waals surface area contributed by atoms with E-state index in [1.165, 1.54) is 10.4 Å². The molecule has 0 radical (unpaired) electrons. The minimum Gasteiger partial charge on any atom is -0.395 e. The maximum absolute atomic E-state index is 9.79. The Balaban J connectivity index is 2.06. The van der Waals surface area contributed by atoms with E-state index in [2.05, 4.69) is 48.5 Å². The lowest BCUT2D eigenvalue weighted by Crippen LogP contribution is -2.39. The second kappa shape index (κ2) is 6.33. The molecule has 1 unspecified atom stereocenters. The molecule has 1 heterocycles. The van der Waals surface area contributed by atoms with Gasteiger partial charge in [-0.2, -0.15) is 0 Å². The number of likely N-dealkylation sites (N-methyl/N-ethyl adjacent to an activating group) is 1. The van der Waals surface area contributed by atoms with Gasteiger partial charge in [0.2, 0.25) is 0 Å². The highest BCUT2D eigenvalue weighted by Crippen LogP contribution is 2.25. The van der Waals surface area contributed by atoms with Crippen LogP contribution >= 0.6 is 11.3 Å². The van der Waals surface area contributed by atoms with Gasteiger partial charge in [0.25, 0.3) is 0 Å². The predicted octanol–water partition coefficient (Wildman–Crippen LogP) is 3.13. The third-order valence-electron chi connectivity index (χ3n) is 3.44. The number of nitrogens with zero attached hydrogens (tertiary/aromatic N) is 1. The van der Waals surface area contributed by atoms with Gasteiger partial charge in [-0.3, -0.25) is 0 Å². The summed E-state index contributed by atoms with van der Waals surface area (Å²) in [4.78, 5) is 3.63. The molecular formula is C16H21NOS. The Labute approximate surface area is 119 Å². The van der Waals surface area contributed by atoms with Crippen molar-refractivity contribution < 1.29 is 5.11 Å². The van der Waals surface area contributed by atoms with Crippen LogP contribution in [-0.4, -0.2) is 30.2 Å². The van der Waals surface area contributed by atoms with Crippen molar-refractivity contribution in [3.63, 3.8) is 0 Å². The summed E-state index contributed by atoms with van der Waals surface area (Å²) in [6, 6.07) is 14.5. The zero-order valence-corrected chi connectivity index (χ0v) is 12.4. The molecule has 0 aliphatic rings. The normalized spacial score (nSPS) is 14.5. The molecule has 0 saturated heterocycles. The smallest absolute Gasteiger partial charge is 0.0537 e. The molecule has 2 aromatic rings. The van der Waals surface area contributed by atoms with E-state index in [0.717, 1.165) is 13.1 Å². The van der Waals surface area contributed by atoms with Gasteiger partial charge < -0.3 is 10.0 Å². The Morgan fingerprint density at radius 1 is 1.16 bits per heavy atom. The molecule has 0 amide bonds. The molecule has 102 valence electrons. The lowest BCUT2D eigenvalue weighted by molar-refractivity contribution is 0.156. The summed E-state index contributed by atoms with van der Waals surface area (Å²) in [7, 11) is 2.11. The summed E-state index contributed by atoms with van der Waals surface area (Å²) in [6.45, 7) is 4.05. The molecule has 2 rings (SSSR count). The van der Waals surface area contributed by atoms with Crippen LogP contribution in [0.15, 0.2) is 47.8 Å². The Kier molecular flexibility index (Phi) is 4.75. The second-order valence-corrected chi connectivity index (χ2v) is 6.37. The molecule has 0 bridgehead atoms. The van der Waals surface area contributed by atoms with E-state index in [0.29, 0.717) is 0 Å². The number of benzene rings is 1. The van der Waals surface area contributed by atoms with Crippen LogP contribution in [0, 0.1) is 0 Å². The highest BCUT2D eigenvalue weighted by molar-refractivity contribution is 7.09. The van der Waals surface area contributed by atoms with Crippen molar-refractivity contribution in [2.24, 2.45) is 0 Å². The molecule has 0 aliphatic carbocycles. The van der Waals surface area contributed by atoms with Gasteiger partial charge in [0, 0.05) is 23.4 Å². The van der Waals surface area contributed by atoms with Crippen LogP contribution in [0.4, 0.5) is 0 Å². The van der Waals surface area contributed by atoms with E-state index >= 15 is 0 Å². The van der Waals surface area contributed by atoms with Crippen molar-refractivity contribution in [2.45, 2.75) is 18.9 Å². The Morgan fingerprint density at radius 2 is 1.89 bits per heavy atom. The fourth-order valence-corrected chi connectivity index (χ4v) is 3.18. The van der Waals surface area contributed by atoms with Crippen molar-refractivity contribution in [1.29, 1.82) is 0 Å². The van der Waals surface area contributed by atoms with E-state index in [9.17, 15) is 5.11 Å². The van der Waals surface area contributed by atoms with Crippen molar-refractivity contribution in [3.05, 3.63) is 58.3 Å². The van der Waals surface area contributed by atoms with Gasteiger partial charge in [0.05, 0.1) is 6.61 Å². The van der Waals surface area contributed by atoms with E-state index in [1.54, 1.807) is 11.3 Å². The Hall–Kier alpha value is -1.16. The van der Waals surface area contributed by atoms with E-state index in [-0.39, 0.29) is 12.0 Å². The first-order valence-corrected chi connectivity index (χ1v) is 7.39. The second-order valence-electron chi connectivity index (χ2n) is 5.34. The van der Waals surface area contributed by atoms with E-state index in [1.807, 2.05) is 18.2 Å². The molecule has 3 heteroatoms. The third kappa shape index (κ3) is 3.66. The van der Waals surface area contributed by atoms with Gasteiger partial charge in [-0.1, -0.05) is 43.3 Å².